The summed E-state index contributed by atoms with van der Waals surface area (Å²) in [5.41, 5.74) is -0.716. The quantitative estimate of drug-likeness (QED) is 0.857. The number of piperidine rings is 1. The number of hydrogen-bond acceptors (Lipinski definition) is 4. The first-order valence-electron chi connectivity index (χ1n) is 8.38. The molecule has 1 saturated heterocycles. The Labute approximate surface area is 151 Å². The first-order valence-corrected chi connectivity index (χ1v) is 8.38. The SMILES string of the molecule is CC(C)(C)OC(=O)N1CCC(C(=O)Nc2cc(F)cc(C(=O)O)c2)CC1. The van der Waals surface area contributed by atoms with Crippen LogP contribution in [0.1, 0.15) is 44.0 Å². The minimum atomic E-state index is -1.27. The van der Waals surface area contributed by atoms with Crippen LogP contribution in [0.25, 0.3) is 0 Å². The molecule has 8 heteroatoms. The van der Waals surface area contributed by atoms with E-state index in [1.807, 2.05) is 0 Å². The van der Waals surface area contributed by atoms with Crippen LogP contribution in [-0.4, -0.2) is 46.7 Å². The summed E-state index contributed by atoms with van der Waals surface area (Å²) < 4.78 is 18.8. The summed E-state index contributed by atoms with van der Waals surface area (Å²) >= 11 is 0. The number of nitrogens with one attached hydrogen (secondary N) is 1. The Balaban J connectivity index is 1.93. The second-order valence-electron chi connectivity index (χ2n) is 7.26. The Morgan fingerprint density at radius 3 is 2.35 bits per heavy atom. The lowest BCUT2D eigenvalue weighted by Crippen LogP contribution is -2.43. The average Bonchev–Trinajstić information content (AvgIpc) is 2.52. The lowest BCUT2D eigenvalue weighted by atomic mass is 9.96. The van der Waals surface area contributed by atoms with Crippen molar-refractivity contribution < 1.29 is 28.6 Å². The number of ether oxygens (including phenoxy) is 1. The van der Waals surface area contributed by atoms with Crippen molar-refractivity contribution in [2.24, 2.45) is 5.92 Å². The van der Waals surface area contributed by atoms with E-state index >= 15 is 0 Å². The Morgan fingerprint density at radius 2 is 1.81 bits per heavy atom. The van der Waals surface area contributed by atoms with E-state index in [9.17, 15) is 18.8 Å². The molecule has 0 bridgehead atoms. The van der Waals surface area contributed by atoms with E-state index in [4.69, 9.17) is 9.84 Å². The molecule has 1 aliphatic rings. The third kappa shape index (κ3) is 5.44. The molecule has 0 atom stereocenters. The van der Waals surface area contributed by atoms with Crippen molar-refractivity contribution in [1.82, 2.24) is 4.90 Å². The van der Waals surface area contributed by atoms with E-state index in [0.29, 0.717) is 25.9 Å². The third-order valence-electron chi connectivity index (χ3n) is 3.93. The molecule has 0 unspecified atom stereocenters. The van der Waals surface area contributed by atoms with E-state index < -0.39 is 23.5 Å². The summed E-state index contributed by atoms with van der Waals surface area (Å²) in [5.74, 6) is -2.67. The van der Waals surface area contributed by atoms with Gasteiger partial charge >= 0.3 is 12.1 Å². The smallest absolute Gasteiger partial charge is 0.410 e. The van der Waals surface area contributed by atoms with Crippen LogP contribution in [0.15, 0.2) is 18.2 Å². The van der Waals surface area contributed by atoms with Crippen molar-refractivity contribution in [2.75, 3.05) is 18.4 Å². The van der Waals surface area contributed by atoms with Crippen LogP contribution in [0.3, 0.4) is 0 Å². The Morgan fingerprint density at radius 1 is 1.19 bits per heavy atom. The van der Waals surface area contributed by atoms with Crippen LogP contribution >= 0.6 is 0 Å². The molecule has 2 amide bonds. The second kappa shape index (κ2) is 7.72. The van der Waals surface area contributed by atoms with E-state index in [1.54, 1.807) is 25.7 Å². The zero-order chi connectivity index (χ0) is 19.5. The number of likely N-dealkylation sites (tertiary alicyclic amines) is 1. The number of hydrogen-bond donors (Lipinski definition) is 2. The molecule has 0 aromatic heterocycles. The monoisotopic (exact) mass is 366 g/mol. The van der Waals surface area contributed by atoms with Crippen molar-refractivity contribution in [3.8, 4) is 0 Å². The van der Waals surface area contributed by atoms with Gasteiger partial charge in [0.15, 0.2) is 0 Å². The molecule has 0 radical (unpaired) electrons. The number of carboxylic acids is 1. The molecular formula is C18H23FN2O5. The van der Waals surface area contributed by atoms with Gasteiger partial charge in [-0.05, 0) is 51.8 Å². The first kappa shape index (κ1) is 19.7. The van der Waals surface area contributed by atoms with Gasteiger partial charge in [0.25, 0.3) is 0 Å². The molecule has 26 heavy (non-hydrogen) atoms. The maximum absolute atomic E-state index is 13.5. The number of nitrogens with zero attached hydrogens (tertiary/aromatic N) is 1. The van der Waals surface area contributed by atoms with Gasteiger partial charge in [-0.1, -0.05) is 0 Å². The van der Waals surface area contributed by atoms with E-state index in [2.05, 4.69) is 5.32 Å². The first-order chi connectivity index (χ1) is 12.0. The molecule has 0 aliphatic carbocycles. The minimum Gasteiger partial charge on any atom is -0.478 e. The van der Waals surface area contributed by atoms with Gasteiger partial charge in [0, 0.05) is 24.7 Å². The molecule has 7 nitrogen and oxygen atoms in total. The zero-order valence-electron chi connectivity index (χ0n) is 15.0. The molecule has 2 rings (SSSR count). The summed E-state index contributed by atoms with van der Waals surface area (Å²) in [6.45, 7) is 6.13. The van der Waals surface area contributed by atoms with Gasteiger partial charge in [0.05, 0.1) is 5.56 Å². The average molecular weight is 366 g/mol. The normalized spacial score (nSPS) is 15.5. The van der Waals surface area contributed by atoms with Gasteiger partial charge in [0.2, 0.25) is 5.91 Å². The van der Waals surface area contributed by atoms with Crippen LogP contribution in [0, 0.1) is 11.7 Å². The fourth-order valence-corrected chi connectivity index (χ4v) is 2.68. The van der Waals surface area contributed by atoms with Crippen molar-refractivity contribution in [3.63, 3.8) is 0 Å². The predicted molar refractivity (Wildman–Crippen MR) is 92.5 cm³/mol. The van der Waals surface area contributed by atoms with Gasteiger partial charge in [-0.2, -0.15) is 0 Å². The summed E-state index contributed by atoms with van der Waals surface area (Å²) in [5, 5.41) is 11.5. The highest BCUT2D eigenvalue weighted by Crippen LogP contribution is 2.22. The van der Waals surface area contributed by atoms with Crippen LogP contribution in [-0.2, 0) is 9.53 Å². The number of carbonyl (C=O) groups is 3. The highest BCUT2D eigenvalue weighted by Gasteiger charge is 2.30. The van der Waals surface area contributed by atoms with Crippen molar-refractivity contribution in [3.05, 3.63) is 29.6 Å². The van der Waals surface area contributed by atoms with Gasteiger partial charge in [-0.15, -0.1) is 0 Å². The largest absolute Gasteiger partial charge is 0.478 e. The molecule has 2 N–H and O–H groups in total. The van der Waals surface area contributed by atoms with Crippen molar-refractivity contribution >= 4 is 23.7 Å². The van der Waals surface area contributed by atoms with Crippen LogP contribution < -0.4 is 5.32 Å². The van der Waals surface area contributed by atoms with E-state index in [1.165, 1.54) is 6.07 Å². The summed E-state index contributed by atoms with van der Waals surface area (Å²) in [4.78, 5) is 36.9. The number of carbonyl (C=O) groups excluding carboxylic acids is 2. The fourth-order valence-electron chi connectivity index (χ4n) is 2.68. The Hall–Kier alpha value is -2.64. The molecule has 0 spiro atoms. The highest BCUT2D eigenvalue weighted by atomic mass is 19.1. The predicted octanol–water partition coefficient (Wildman–Crippen LogP) is 3.11. The molecule has 142 valence electrons. The number of anilines is 1. The fraction of sp³-hybridized carbons (Fsp3) is 0.500. The molecule has 1 aliphatic heterocycles. The Bertz CT molecular complexity index is 706. The molecule has 1 aromatic carbocycles. The maximum Gasteiger partial charge on any atom is 0.410 e. The van der Waals surface area contributed by atoms with Crippen LogP contribution in [0.4, 0.5) is 14.9 Å². The molecule has 1 fully saturated rings. The van der Waals surface area contributed by atoms with Crippen molar-refractivity contribution in [1.29, 1.82) is 0 Å². The van der Waals surface area contributed by atoms with Gasteiger partial charge in [-0.25, -0.2) is 14.0 Å². The topological polar surface area (TPSA) is 95.9 Å². The van der Waals surface area contributed by atoms with Crippen LogP contribution in [0.5, 0.6) is 0 Å². The number of rotatable bonds is 3. The summed E-state index contributed by atoms with van der Waals surface area (Å²) in [6, 6.07) is 3.16. The highest BCUT2D eigenvalue weighted by molar-refractivity contribution is 5.95. The number of aromatic carboxylic acids is 1. The number of carboxylic acid groups (broad SMARTS) is 1. The molecule has 1 heterocycles. The number of halogens is 1. The Kier molecular flexibility index (Phi) is 5.84. The van der Waals surface area contributed by atoms with Gasteiger partial charge < -0.3 is 20.1 Å². The lowest BCUT2D eigenvalue weighted by Gasteiger charge is -2.32. The van der Waals surface area contributed by atoms with E-state index in [-0.39, 0.29) is 23.1 Å². The number of benzene rings is 1. The molecule has 1 aromatic rings. The summed E-state index contributed by atoms with van der Waals surface area (Å²) in [7, 11) is 0. The van der Waals surface area contributed by atoms with E-state index in [0.717, 1.165) is 12.1 Å². The van der Waals surface area contributed by atoms with Crippen LogP contribution in [0.2, 0.25) is 0 Å². The second-order valence-corrected chi connectivity index (χ2v) is 7.26. The molecule has 0 saturated carbocycles. The zero-order valence-corrected chi connectivity index (χ0v) is 15.0. The minimum absolute atomic E-state index is 0.0990. The third-order valence-corrected chi connectivity index (χ3v) is 3.93. The standard InChI is InChI=1S/C18H23FN2O5/c1-18(2,3)26-17(25)21-6-4-11(5-7-21)15(22)20-14-9-12(16(23)24)8-13(19)10-14/h8-11H,4-7H2,1-3H3,(H,20,22)(H,23,24). The van der Waals surface area contributed by atoms with Gasteiger partial charge in [0.1, 0.15) is 11.4 Å². The lowest BCUT2D eigenvalue weighted by molar-refractivity contribution is -0.121. The van der Waals surface area contributed by atoms with Crippen molar-refractivity contribution in [2.45, 2.75) is 39.2 Å². The molecular weight excluding hydrogens is 343 g/mol. The summed E-state index contributed by atoms with van der Waals surface area (Å²) in [6.07, 6.45) is 0.492. The van der Waals surface area contributed by atoms with Gasteiger partial charge in [-0.3, -0.25) is 4.79 Å². The number of amides is 2. The maximum atomic E-state index is 13.5.